The molecule has 2 amide bonds. The molecule has 0 radical (unpaired) electrons. The summed E-state index contributed by atoms with van der Waals surface area (Å²) in [4.78, 5) is 37.1. The third-order valence-electron chi connectivity index (χ3n) is 3.94. The van der Waals surface area contributed by atoms with Crippen LogP contribution in [0.15, 0.2) is 24.3 Å². The Morgan fingerprint density at radius 1 is 1.35 bits per heavy atom. The van der Waals surface area contributed by atoms with Crippen LogP contribution in [0.2, 0.25) is 0 Å². The Labute approximate surface area is 138 Å². The maximum absolute atomic E-state index is 12.3. The highest BCUT2D eigenvalue weighted by molar-refractivity contribution is 8.00. The van der Waals surface area contributed by atoms with E-state index in [2.05, 4.69) is 5.32 Å². The van der Waals surface area contributed by atoms with Gasteiger partial charge in [-0.25, -0.2) is 0 Å². The van der Waals surface area contributed by atoms with E-state index in [1.165, 1.54) is 16.7 Å². The standard InChI is InChI=1S/C16H18N2O4S/c19-13-9-18(7-6-17-13)14(20)10-22-16(21)15-12-4-2-1-3-11(12)5-8-23-15/h1-4,15H,5-10H2,(H,17,19). The topological polar surface area (TPSA) is 75.7 Å². The largest absolute Gasteiger partial charge is 0.454 e. The zero-order valence-electron chi connectivity index (χ0n) is 12.6. The number of aryl methyl sites for hydroxylation is 1. The zero-order valence-corrected chi connectivity index (χ0v) is 13.4. The summed E-state index contributed by atoms with van der Waals surface area (Å²) in [5.74, 6) is -0.0521. The van der Waals surface area contributed by atoms with Crippen LogP contribution in [0.5, 0.6) is 0 Å². The first-order valence-corrected chi connectivity index (χ1v) is 8.60. The summed E-state index contributed by atoms with van der Waals surface area (Å²) in [7, 11) is 0. The molecule has 1 fully saturated rings. The minimum atomic E-state index is -0.392. The molecule has 3 rings (SSSR count). The van der Waals surface area contributed by atoms with E-state index in [1.807, 2.05) is 24.3 Å². The van der Waals surface area contributed by atoms with Gasteiger partial charge in [0, 0.05) is 13.1 Å². The summed E-state index contributed by atoms with van der Waals surface area (Å²) >= 11 is 1.54. The molecule has 1 N–H and O–H groups in total. The fourth-order valence-corrected chi connectivity index (χ4v) is 3.93. The van der Waals surface area contributed by atoms with Gasteiger partial charge in [0.1, 0.15) is 5.25 Å². The molecular formula is C16H18N2O4S. The van der Waals surface area contributed by atoms with Crippen molar-refractivity contribution in [2.75, 3.05) is 32.0 Å². The van der Waals surface area contributed by atoms with Crippen molar-refractivity contribution in [3.05, 3.63) is 35.4 Å². The van der Waals surface area contributed by atoms with Crippen LogP contribution in [0.25, 0.3) is 0 Å². The summed E-state index contributed by atoms with van der Waals surface area (Å²) in [6.07, 6.45) is 0.937. The Morgan fingerprint density at radius 2 is 2.17 bits per heavy atom. The normalized spacial score (nSPS) is 20.4. The predicted molar refractivity (Wildman–Crippen MR) is 85.9 cm³/mol. The summed E-state index contributed by atoms with van der Waals surface area (Å²) in [6, 6.07) is 7.82. The van der Waals surface area contributed by atoms with E-state index in [9.17, 15) is 14.4 Å². The Hall–Kier alpha value is -2.02. The number of nitrogens with zero attached hydrogens (tertiary/aromatic N) is 1. The molecule has 2 heterocycles. The molecule has 7 heteroatoms. The number of nitrogens with one attached hydrogen (secondary N) is 1. The molecule has 1 aromatic rings. The number of fused-ring (bicyclic) bond motifs is 1. The van der Waals surface area contributed by atoms with Crippen LogP contribution < -0.4 is 5.32 Å². The molecule has 1 atom stereocenters. The number of hydrogen-bond donors (Lipinski definition) is 1. The van der Waals surface area contributed by atoms with Crippen LogP contribution in [0.3, 0.4) is 0 Å². The summed E-state index contributed by atoms with van der Waals surface area (Å²) in [5, 5.41) is 2.27. The van der Waals surface area contributed by atoms with Crippen LogP contribution in [0.4, 0.5) is 0 Å². The van der Waals surface area contributed by atoms with Gasteiger partial charge in [-0.3, -0.25) is 14.4 Å². The van der Waals surface area contributed by atoms with E-state index in [0.29, 0.717) is 13.1 Å². The second-order valence-electron chi connectivity index (χ2n) is 5.47. The highest BCUT2D eigenvalue weighted by atomic mass is 32.2. The number of ether oxygens (including phenoxy) is 1. The minimum Gasteiger partial charge on any atom is -0.454 e. The van der Waals surface area contributed by atoms with Gasteiger partial charge in [-0.05, 0) is 23.3 Å². The number of piperazine rings is 1. The molecule has 2 aliphatic rings. The molecular weight excluding hydrogens is 316 g/mol. The third-order valence-corrected chi connectivity index (χ3v) is 5.16. The van der Waals surface area contributed by atoms with Gasteiger partial charge in [0.25, 0.3) is 5.91 Å². The van der Waals surface area contributed by atoms with Gasteiger partial charge in [0.05, 0.1) is 6.54 Å². The average Bonchev–Trinajstić information content (AvgIpc) is 2.59. The summed E-state index contributed by atoms with van der Waals surface area (Å²) in [6.45, 7) is 0.593. The van der Waals surface area contributed by atoms with Gasteiger partial charge >= 0.3 is 5.97 Å². The van der Waals surface area contributed by atoms with E-state index < -0.39 is 5.97 Å². The Balaban J connectivity index is 1.58. The molecule has 0 aromatic heterocycles. The van der Waals surface area contributed by atoms with Gasteiger partial charge in [0.15, 0.2) is 6.61 Å². The molecule has 6 nitrogen and oxygen atoms in total. The lowest BCUT2D eigenvalue weighted by molar-refractivity contribution is -0.152. The van der Waals surface area contributed by atoms with E-state index in [-0.39, 0.29) is 30.2 Å². The smallest absolute Gasteiger partial charge is 0.324 e. The van der Waals surface area contributed by atoms with Crippen LogP contribution in [-0.2, 0) is 25.5 Å². The lowest BCUT2D eigenvalue weighted by Gasteiger charge is -2.27. The molecule has 2 aliphatic heterocycles. The number of carbonyl (C=O) groups is 3. The summed E-state index contributed by atoms with van der Waals surface area (Å²) < 4.78 is 5.21. The van der Waals surface area contributed by atoms with E-state index in [1.54, 1.807) is 0 Å². The number of carbonyl (C=O) groups excluding carboxylic acids is 3. The number of thioether (sulfide) groups is 1. The fourth-order valence-electron chi connectivity index (χ4n) is 2.74. The average molecular weight is 334 g/mol. The molecule has 122 valence electrons. The quantitative estimate of drug-likeness (QED) is 0.816. The third kappa shape index (κ3) is 3.67. The number of hydrogen-bond acceptors (Lipinski definition) is 5. The lowest BCUT2D eigenvalue weighted by atomic mass is 10.0. The van der Waals surface area contributed by atoms with Crippen LogP contribution >= 0.6 is 11.8 Å². The first-order chi connectivity index (χ1) is 11.1. The molecule has 1 aromatic carbocycles. The van der Waals surface area contributed by atoms with Crippen molar-refractivity contribution < 1.29 is 19.1 Å². The van der Waals surface area contributed by atoms with Crippen molar-refractivity contribution in [2.45, 2.75) is 11.7 Å². The molecule has 1 unspecified atom stereocenters. The van der Waals surface area contributed by atoms with Crippen LogP contribution in [-0.4, -0.2) is 54.7 Å². The number of esters is 1. The van der Waals surface area contributed by atoms with Crippen molar-refractivity contribution >= 4 is 29.5 Å². The maximum Gasteiger partial charge on any atom is 0.324 e. The number of amides is 2. The van der Waals surface area contributed by atoms with Gasteiger partial charge in [-0.15, -0.1) is 11.8 Å². The molecule has 0 bridgehead atoms. The van der Waals surface area contributed by atoms with Crippen molar-refractivity contribution in [2.24, 2.45) is 0 Å². The fraction of sp³-hybridized carbons (Fsp3) is 0.438. The van der Waals surface area contributed by atoms with E-state index in [4.69, 9.17) is 4.74 Å². The zero-order chi connectivity index (χ0) is 16.2. The summed E-state index contributed by atoms with van der Waals surface area (Å²) in [5.41, 5.74) is 2.13. The SMILES string of the molecule is O=C1CN(C(=O)COC(=O)C2SCCc3ccccc32)CCN1. The first-order valence-electron chi connectivity index (χ1n) is 7.55. The highest BCUT2D eigenvalue weighted by Crippen LogP contribution is 2.37. The second-order valence-corrected chi connectivity index (χ2v) is 6.69. The van der Waals surface area contributed by atoms with Gasteiger partial charge in [-0.1, -0.05) is 24.3 Å². The molecule has 0 aliphatic carbocycles. The molecule has 1 saturated heterocycles. The highest BCUT2D eigenvalue weighted by Gasteiger charge is 2.29. The Morgan fingerprint density at radius 3 is 3.00 bits per heavy atom. The van der Waals surface area contributed by atoms with Crippen molar-refractivity contribution in [1.82, 2.24) is 10.2 Å². The van der Waals surface area contributed by atoms with Gasteiger partial charge in [0.2, 0.25) is 5.91 Å². The van der Waals surface area contributed by atoms with Crippen LogP contribution in [0.1, 0.15) is 16.4 Å². The molecule has 0 spiro atoms. The van der Waals surface area contributed by atoms with Gasteiger partial charge < -0.3 is 15.0 Å². The van der Waals surface area contributed by atoms with Crippen molar-refractivity contribution in [3.8, 4) is 0 Å². The minimum absolute atomic E-state index is 0.0252. The number of rotatable bonds is 3. The number of benzene rings is 1. The van der Waals surface area contributed by atoms with Crippen molar-refractivity contribution in [3.63, 3.8) is 0 Å². The maximum atomic E-state index is 12.3. The predicted octanol–water partition coefficient (Wildman–Crippen LogP) is 0.519. The van der Waals surface area contributed by atoms with E-state index >= 15 is 0 Å². The second kappa shape index (κ2) is 7.04. The monoisotopic (exact) mass is 334 g/mol. The Kier molecular flexibility index (Phi) is 4.85. The lowest BCUT2D eigenvalue weighted by Crippen LogP contribution is -2.51. The first kappa shape index (κ1) is 15.9. The van der Waals surface area contributed by atoms with E-state index in [0.717, 1.165) is 23.3 Å². The Bertz CT molecular complexity index is 634. The molecule has 23 heavy (non-hydrogen) atoms. The van der Waals surface area contributed by atoms with Crippen LogP contribution in [0, 0.1) is 0 Å². The van der Waals surface area contributed by atoms with Crippen molar-refractivity contribution in [1.29, 1.82) is 0 Å². The molecule has 0 saturated carbocycles. The van der Waals surface area contributed by atoms with Gasteiger partial charge in [-0.2, -0.15) is 0 Å².